The van der Waals surface area contributed by atoms with Crippen molar-refractivity contribution in [3.63, 3.8) is 0 Å². The minimum Gasteiger partial charge on any atom is -0.497 e. The number of nitrogens with one attached hydrogen (secondary N) is 1. The van der Waals surface area contributed by atoms with Gasteiger partial charge in [0.25, 0.3) is 0 Å². The summed E-state index contributed by atoms with van der Waals surface area (Å²) in [7, 11) is 1.70. The van der Waals surface area contributed by atoms with E-state index < -0.39 is 0 Å². The predicted octanol–water partition coefficient (Wildman–Crippen LogP) is 4.64. The van der Waals surface area contributed by atoms with Gasteiger partial charge in [-0.3, -0.25) is 0 Å². The Morgan fingerprint density at radius 2 is 1.90 bits per heavy atom. The molecule has 0 spiro atoms. The van der Waals surface area contributed by atoms with Crippen molar-refractivity contribution in [1.82, 2.24) is 5.32 Å². The van der Waals surface area contributed by atoms with Gasteiger partial charge in [-0.2, -0.15) is 0 Å². The highest BCUT2D eigenvalue weighted by molar-refractivity contribution is 5.86. The second kappa shape index (κ2) is 7.28. The maximum Gasteiger partial charge on any atom is 0.119 e. The fraction of sp³-hybridized carbons (Fsp3) is 0.368. The van der Waals surface area contributed by atoms with Crippen LogP contribution in [0, 0.1) is 0 Å². The lowest BCUT2D eigenvalue weighted by molar-refractivity contribution is 0.415. The van der Waals surface area contributed by atoms with Crippen LogP contribution in [0.15, 0.2) is 42.0 Å². The number of hydrogen-bond donors (Lipinski definition) is 1. The van der Waals surface area contributed by atoms with Crippen molar-refractivity contribution < 1.29 is 4.74 Å². The first-order valence-electron chi connectivity index (χ1n) is 7.63. The van der Waals surface area contributed by atoms with Crippen molar-refractivity contribution in [3.8, 4) is 5.75 Å². The zero-order valence-corrected chi connectivity index (χ0v) is 13.4. The topological polar surface area (TPSA) is 21.3 Å². The summed E-state index contributed by atoms with van der Waals surface area (Å²) in [6.07, 6.45) is 3.42. The molecule has 1 unspecified atom stereocenters. The van der Waals surface area contributed by atoms with Gasteiger partial charge in [0.1, 0.15) is 5.75 Å². The van der Waals surface area contributed by atoms with Crippen LogP contribution >= 0.6 is 0 Å². The molecule has 0 aromatic heterocycles. The van der Waals surface area contributed by atoms with E-state index in [1.165, 1.54) is 21.9 Å². The third-order valence-electron chi connectivity index (χ3n) is 3.85. The molecule has 0 radical (unpaired) electrons. The lowest BCUT2D eigenvalue weighted by Gasteiger charge is -2.14. The minimum absolute atomic E-state index is 0.413. The summed E-state index contributed by atoms with van der Waals surface area (Å²) < 4.78 is 5.27. The largest absolute Gasteiger partial charge is 0.497 e. The van der Waals surface area contributed by atoms with Gasteiger partial charge in [0.2, 0.25) is 0 Å². The van der Waals surface area contributed by atoms with E-state index >= 15 is 0 Å². The average Bonchev–Trinajstić information content (AvgIpc) is 2.51. The highest BCUT2D eigenvalue weighted by Gasteiger charge is 2.03. The summed E-state index contributed by atoms with van der Waals surface area (Å²) in [6.45, 7) is 7.65. The van der Waals surface area contributed by atoms with E-state index in [0.717, 1.165) is 18.7 Å². The summed E-state index contributed by atoms with van der Waals surface area (Å²) in [5.41, 5.74) is 2.60. The molecule has 21 heavy (non-hydrogen) atoms. The highest BCUT2D eigenvalue weighted by atomic mass is 16.5. The molecule has 1 N–H and O–H groups in total. The average molecular weight is 283 g/mol. The molecule has 0 aliphatic carbocycles. The fourth-order valence-electron chi connectivity index (χ4n) is 2.37. The van der Waals surface area contributed by atoms with Crippen molar-refractivity contribution in [2.75, 3.05) is 13.7 Å². The summed E-state index contributed by atoms with van der Waals surface area (Å²) in [5.74, 6) is 0.902. The molecule has 2 nitrogen and oxygen atoms in total. The van der Waals surface area contributed by atoms with Gasteiger partial charge in [0.15, 0.2) is 0 Å². The first-order valence-corrected chi connectivity index (χ1v) is 7.63. The Balaban J connectivity index is 2.22. The molecule has 0 fully saturated rings. The summed E-state index contributed by atoms with van der Waals surface area (Å²) in [6, 6.07) is 13.1. The SMILES string of the molecule is CCCNC(C)/C(C)=C/c1ccc2cc(OC)ccc2c1. The Labute approximate surface area is 127 Å². The van der Waals surface area contributed by atoms with E-state index in [1.807, 2.05) is 6.07 Å². The lowest BCUT2D eigenvalue weighted by Crippen LogP contribution is -2.27. The molecule has 1 atom stereocenters. The Morgan fingerprint density at radius 1 is 1.19 bits per heavy atom. The number of methoxy groups -OCH3 is 1. The fourth-order valence-corrected chi connectivity index (χ4v) is 2.37. The van der Waals surface area contributed by atoms with Crippen LogP contribution in [0.25, 0.3) is 16.8 Å². The van der Waals surface area contributed by atoms with E-state index in [2.05, 4.69) is 62.5 Å². The van der Waals surface area contributed by atoms with Gasteiger partial charge >= 0.3 is 0 Å². The van der Waals surface area contributed by atoms with Crippen LogP contribution in [0.4, 0.5) is 0 Å². The lowest BCUT2D eigenvalue weighted by atomic mass is 10.0. The van der Waals surface area contributed by atoms with Gasteiger partial charge in [-0.1, -0.05) is 36.8 Å². The standard InChI is InChI=1S/C19H25NO/c1-5-10-20-15(3)14(2)11-16-6-7-18-13-19(21-4)9-8-17(18)12-16/h6-9,11-13,15,20H,5,10H2,1-4H3/b14-11+. The predicted molar refractivity (Wildman–Crippen MR) is 91.9 cm³/mol. The van der Waals surface area contributed by atoms with Crippen LogP contribution in [0.3, 0.4) is 0 Å². The van der Waals surface area contributed by atoms with Crippen molar-refractivity contribution in [2.45, 2.75) is 33.2 Å². The van der Waals surface area contributed by atoms with Gasteiger partial charge in [0, 0.05) is 6.04 Å². The van der Waals surface area contributed by atoms with Crippen LogP contribution in [0.2, 0.25) is 0 Å². The van der Waals surface area contributed by atoms with E-state index in [0.29, 0.717) is 6.04 Å². The molecule has 2 rings (SSSR count). The Hall–Kier alpha value is -1.80. The van der Waals surface area contributed by atoms with Crippen molar-refractivity contribution in [3.05, 3.63) is 47.5 Å². The second-order valence-corrected chi connectivity index (χ2v) is 5.54. The molecule has 0 saturated carbocycles. The molecular weight excluding hydrogens is 258 g/mol. The first-order chi connectivity index (χ1) is 10.1. The zero-order chi connectivity index (χ0) is 15.2. The molecule has 112 valence electrons. The van der Waals surface area contributed by atoms with E-state index in [4.69, 9.17) is 4.74 Å². The van der Waals surface area contributed by atoms with E-state index in [9.17, 15) is 0 Å². The summed E-state index contributed by atoms with van der Waals surface area (Å²) in [4.78, 5) is 0. The smallest absolute Gasteiger partial charge is 0.119 e. The van der Waals surface area contributed by atoms with E-state index in [1.54, 1.807) is 7.11 Å². The molecule has 0 bridgehead atoms. The minimum atomic E-state index is 0.413. The number of rotatable bonds is 6. The maximum atomic E-state index is 5.27. The van der Waals surface area contributed by atoms with E-state index in [-0.39, 0.29) is 0 Å². The van der Waals surface area contributed by atoms with Crippen LogP contribution in [0.1, 0.15) is 32.8 Å². The Bertz CT molecular complexity index is 630. The summed E-state index contributed by atoms with van der Waals surface area (Å²) in [5, 5.41) is 5.97. The zero-order valence-electron chi connectivity index (χ0n) is 13.4. The molecule has 0 aliphatic heterocycles. The molecule has 0 aliphatic rings. The second-order valence-electron chi connectivity index (χ2n) is 5.54. The number of hydrogen-bond acceptors (Lipinski definition) is 2. The molecule has 0 saturated heterocycles. The molecule has 2 heteroatoms. The number of fused-ring (bicyclic) bond motifs is 1. The maximum absolute atomic E-state index is 5.27. The van der Waals surface area contributed by atoms with Crippen molar-refractivity contribution in [1.29, 1.82) is 0 Å². The van der Waals surface area contributed by atoms with Crippen LogP contribution in [0.5, 0.6) is 5.75 Å². The van der Waals surface area contributed by atoms with Crippen LogP contribution in [-0.4, -0.2) is 19.7 Å². The van der Waals surface area contributed by atoms with Gasteiger partial charge in [-0.05, 0) is 61.3 Å². The Kier molecular flexibility index (Phi) is 5.40. The molecule has 0 amide bonds. The number of benzene rings is 2. The van der Waals surface area contributed by atoms with Gasteiger partial charge in [0.05, 0.1) is 7.11 Å². The summed E-state index contributed by atoms with van der Waals surface area (Å²) >= 11 is 0. The van der Waals surface area contributed by atoms with Gasteiger partial charge in [-0.15, -0.1) is 0 Å². The highest BCUT2D eigenvalue weighted by Crippen LogP contribution is 2.23. The molecule has 2 aromatic rings. The quantitative estimate of drug-likeness (QED) is 0.834. The molecular formula is C19H25NO. The van der Waals surface area contributed by atoms with Crippen LogP contribution < -0.4 is 10.1 Å². The monoisotopic (exact) mass is 283 g/mol. The molecule has 0 heterocycles. The van der Waals surface area contributed by atoms with Crippen molar-refractivity contribution in [2.24, 2.45) is 0 Å². The van der Waals surface area contributed by atoms with Gasteiger partial charge < -0.3 is 10.1 Å². The normalized spacial score (nSPS) is 13.4. The number of ether oxygens (including phenoxy) is 1. The van der Waals surface area contributed by atoms with Crippen molar-refractivity contribution >= 4 is 16.8 Å². The first kappa shape index (κ1) is 15.6. The third kappa shape index (κ3) is 4.08. The van der Waals surface area contributed by atoms with Gasteiger partial charge in [-0.25, -0.2) is 0 Å². The van der Waals surface area contributed by atoms with Crippen LogP contribution in [-0.2, 0) is 0 Å². The Morgan fingerprint density at radius 3 is 2.62 bits per heavy atom. The third-order valence-corrected chi connectivity index (χ3v) is 3.85. The molecule has 2 aromatic carbocycles.